The third-order valence-corrected chi connectivity index (χ3v) is 4.95. The Morgan fingerprint density at radius 3 is 3.00 bits per heavy atom. The van der Waals surface area contributed by atoms with Gasteiger partial charge in [-0.05, 0) is 12.8 Å². The minimum atomic E-state index is -2.83. The predicted molar refractivity (Wildman–Crippen MR) is 64.6 cm³/mol. The molecule has 0 aliphatic carbocycles. The maximum absolute atomic E-state index is 11.3. The molecule has 0 bridgehead atoms. The average molecular weight is 261 g/mol. The van der Waals surface area contributed by atoms with Gasteiger partial charge in [-0.25, -0.2) is 13.4 Å². The second-order valence-electron chi connectivity index (χ2n) is 4.01. The Labute approximate surface area is 99.4 Å². The van der Waals surface area contributed by atoms with Crippen molar-refractivity contribution in [2.45, 2.75) is 32.2 Å². The Morgan fingerprint density at radius 1 is 1.56 bits per heavy atom. The fourth-order valence-corrected chi connectivity index (χ4v) is 4.08. The van der Waals surface area contributed by atoms with E-state index in [2.05, 4.69) is 21.6 Å². The summed E-state index contributed by atoms with van der Waals surface area (Å²) in [6.07, 6.45) is 2.57. The van der Waals surface area contributed by atoms with Crippen LogP contribution in [0, 0.1) is 0 Å². The molecule has 1 atom stereocenters. The zero-order valence-electron chi connectivity index (χ0n) is 9.14. The van der Waals surface area contributed by atoms with Gasteiger partial charge in [-0.15, -0.1) is 0 Å². The molecule has 0 saturated carbocycles. The third-order valence-electron chi connectivity index (χ3n) is 2.50. The molecule has 0 aromatic carbocycles. The molecule has 1 unspecified atom stereocenters. The van der Waals surface area contributed by atoms with E-state index in [1.54, 1.807) is 0 Å². The average Bonchev–Trinajstić information content (AvgIpc) is 2.75. The minimum Gasteiger partial charge on any atom is -0.356 e. The maximum atomic E-state index is 11.3. The predicted octanol–water partition coefficient (Wildman–Crippen LogP) is 1.09. The molecule has 2 rings (SSSR count). The Kier molecular flexibility index (Phi) is 3.44. The fraction of sp³-hybridized carbons (Fsp3) is 0.778. The van der Waals surface area contributed by atoms with E-state index in [4.69, 9.17) is 0 Å². The van der Waals surface area contributed by atoms with Crippen molar-refractivity contribution in [1.82, 2.24) is 9.36 Å². The van der Waals surface area contributed by atoms with Crippen LogP contribution in [0.25, 0.3) is 0 Å². The summed E-state index contributed by atoms with van der Waals surface area (Å²) in [7, 11) is -2.83. The van der Waals surface area contributed by atoms with Gasteiger partial charge >= 0.3 is 0 Å². The number of nitrogens with one attached hydrogen (secondary N) is 1. The molecule has 90 valence electrons. The van der Waals surface area contributed by atoms with E-state index in [1.807, 2.05) is 0 Å². The summed E-state index contributed by atoms with van der Waals surface area (Å²) in [6.45, 7) is 2.08. The quantitative estimate of drug-likeness (QED) is 0.878. The molecule has 1 aromatic heterocycles. The molecule has 1 saturated heterocycles. The van der Waals surface area contributed by atoms with Gasteiger partial charge in [-0.2, -0.15) is 4.37 Å². The molecule has 0 spiro atoms. The molecule has 0 amide bonds. The highest BCUT2D eigenvalue weighted by atomic mass is 32.2. The molecular formula is C9H15N3O2S2. The van der Waals surface area contributed by atoms with Crippen molar-refractivity contribution >= 4 is 26.5 Å². The van der Waals surface area contributed by atoms with E-state index in [0.29, 0.717) is 6.42 Å². The number of anilines is 1. The van der Waals surface area contributed by atoms with Crippen LogP contribution < -0.4 is 5.32 Å². The van der Waals surface area contributed by atoms with E-state index in [9.17, 15) is 8.42 Å². The first-order valence-electron chi connectivity index (χ1n) is 5.38. The van der Waals surface area contributed by atoms with Crippen molar-refractivity contribution < 1.29 is 8.42 Å². The lowest BCUT2D eigenvalue weighted by atomic mass is 10.3. The van der Waals surface area contributed by atoms with Gasteiger partial charge in [0.1, 0.15) is 5.82 Å². The fourth-order valence-electron chi connectivity index (χ4n) is 1.72. The van der Waals surface area contributed by atoms with Crippen LogP contribution in [0.3, 0.4) is 0 Å². The van der Waals surface area contributed by atoms with Crippen LogP contribution in [-0.4, -0.2) is 35.3 Å². The van der Waals surface area contributed by atoms with Crippen LogP contribution in [0.5, 0.6) is 0 Å². The molecule has 1 aliphatic heterocycles. The number of sulfone groups is 1. The number of rotatable bonds is 4. The molecule has 1 N–H and O–H groups in total. The highest BCUT2D eigenvalue weighted by Gasteiger charge is 2.28. The first kappa shape index (κ1) is 11.8. The van der Waals surface area contributed by atoms with Gasteiger partial charge in [0.15, 0.2) is 9.84 Å². The summed E-state index contributed by atoms with van der Waals surface area (Å²) in [5.41, 5.74) is 0. The van der Waals surface area contributed by atoms with E-state index in [1.165, 1.54) is 11.5 Å². The third kappa shape index (κ3) is 2.91. The Bertz CT molecular complexity index is 455. The van der Waals surface area contributed by atoms with Gasteiger partial charge in [0.2, 0.25) is 5.13 Å². The number of hydrogen-bond donors (Lipinski definition) is 1. The van der Waals surface area contributed by atoms with Crippen LogP contribution in [0.15, 0.2) is 0 Å². The van der Waals surface area contributed by atoms with Gasteiger partial charge in [-0.1, -0.05) is 6.92 Å². The van der Waals surface area contributed by atoms with Crippen LogP contribution in [-0.2, 0) is 16.3 Å². The summed E-state index contributed by atoms with van der Waals surface area (Å²) in [5, 5.41) is 3.88. The van der Waals surface area contributed by atoms with Crippen molar-refractivity contribution in [1.29, 1.82) is 0 Å². The van der Waals surface area contributed by atoms with E-state index in [-0.39, 0.29) is 17.5 Å². The summed E-state index contributed by atoms with van der Waals surface area (Å²) < 4.78 is 26.7. The SMILES string of the molecule is CCCc1nsc(NC2CCS(=O)(=O)C2)n1. The van der Waals surface area contributed by atoms with Crippen LogP contribution in [0.1, 0.15) is 25.6 Å². The largest absolute Gasteiger partial charge is 0.356 e. The molecule has 0 radical (unpaired) electrons. The second kappa shape index (κ2) is 4.67. The molecule has 1 aromatic rings. The highest BCUT2D eigenvalue weighted by Crippen LogP contribution is 2.19. The monoisotopic (exact) mass is 261 g/mol. The molecule has 16 heavy (non-hydrogen) atoms. The Morgan fingerprint density at radius 2 is 2.38 bits per heavy atom. The lowest BCUT2D eigenvalue weighted by Crippen LogP contribution is -2.20. The van der Waals surface area contributed by atoms with Crippen molar-refractivity contribution in [3.63, 3.8) is 0 Å². The molecule has 5 nitrogen and oxygen atoms in total. The number of aromatic nitrogens is 2. The lowest BCUT2D eigenvalue weighted by molar-refractivity contribution is 0.602. The van der Waals surface area contributed by atoms with Crippen LogP contribution in [0.2, 0.25) is 0 Å². The standard InChI is InChI=1S/C9H15N3O2S2/c1-2-3-8-11-9(15-12-8)10-7-4-5-16(13,14)6-7/h7H,2-6H2,1H3,(H,10,11,12). The summed E-state index contributed by atoms with van der Waals surface area (Å²) in [4.78, 5) is 4.31. The minimum absolute atomic E-state index is 0.00688. The van der Waals surface area contributed by atoms with E-state index < -0.39 is 9.84 Å². The van der Waals surface area contributed by atoms with Crippen molar-refractivity contribution in [2.24, 2.45) is 0 Å². The molecular weight excluding hydrogens is 246 g/mol. The Balaban J connectivity index is 1.94. The molecule has 7 heteroatoms. The lowest BCUT2D eigenvalue weighted by Gasteiger charge is -2.07. The molecule has 2 heterocycles. The maximum Gasteiger partial charge on any atom is 0.202 e. The molecule has 1 aliphatic rings. The van der Waals surface area contributed by atoms with Gasteiger partial charge in [0, 0.05) is 24.0 Å². The number of nitrogens with zero attached hydrogens (tertiary/aromatic N) is 2. The van der Waals surface area contributed by atoms with Gasteiger partial charge in [-0.3, -0.25) is 0 Å². The number of aryl methyl sites for hydroxylation is 1. The summed E-state index contributed by atoms with van der Waals surface area (Å²) in [5.74, 6) is 1.34. The first-order chi connectivity index (χ1) is 7.59. The van der Waals surface area contributed by atoms with Gasteiger partial charge < -0.3 is 5.32 Å². The summed E-state index contributed by atoms with van der Waals surface area (Å²) >= 11 is 1.31. The zero-order valence-corrected chi connectivity index (χ0v) is 10.8. The normalized spacial score (nSPS) is 23.4. The van der Waals surface area contributed by atoms with Crippen molar-refractivity contribution in [3.8, 4) is 0 Å². The highest BCUT2D eigenvalue weighted by molar-refractivity contribution is 7.91. The smallest absolute Gasteiger partial charge is 0.202 e. The van der Waals surface area contributed by atoms with Gasteiger partial charge in [0.25, 0.3) is 0 Å². The first-order valence-corrected chi connectivity index (χ1v) is 7.98. The summed E-state index contributed by atoms with van der Waals surface area (Å²) in [6, 6.07) is 0.00688. The van der Waals surface area contributed by atoms with Crippen LogP contribution >= 0.6 is 11.5 Å². The number of hydrogen-bond acceptors (Lipinski definition) is 6. The van der Waals surface area contributed by atoms with Crippen LogP contribution in [0.4, 0.5) is 5.13 Å². The second-order valence-corrected chi connectivity index (χ2v) is 6.99. The molecule has 1 fully saturated rings. The zero-order chi connectivity index (χ0) is 11.6. The van der Waals surface area contributed by atoms with Crippen molar-refractivity contribution in [2.75, 3.05) is 16.8 Å². The van der Waals surface area contributed by atoms with E-state index in [0.717, 1.165) is 23.8 Å². The van der Waals surface area contributed by atoms with E-state index >= 15 is 0 Å². The van der Waals surface area contributed by atoms with Crippen molar-refractivity contribution in [3.05, 3.63) is 5.82 Å². The topological polar surface area (TPSA) is 72.0 Å². The van der Waals surface area contributed by atoms with Gasteiger partial charge in [0.05, 0.1) is 11.5 Å². The Hall–Kier alpha value is -0.690.